The quantitative estimate of drug-likeness (QED) is 0.676. The van der Waals surface area contributed by atoms with Gasteiger partial charge in [-0.3, -0.25) is 4.79 Å². The molecule has 0 aromatic carbocycles. The second kappa shape index (κ2) is 5.22. The van der Waals surface area contributed by atoms with Crippen LogP contribution in [0.15, 0.2) is 0 Å². The Morgan fingerprint density at radius 2 is 2.00 bits per heavy atom. The highest BCUT2D eigenvalue weighted by Crippen LogP contribution is 2.13. The van der Waals surface area contributed by atoms with Gasteiger partial charge in [0.15, 0.2) is 0 Å². The van der Waals surface area contributed by atoms with Crippen LogP contribution in [0.1, 0.15) is 34.1 Å². The number of carbonyl (C=O) groups excluding carboxylic acids is 1. The van der Waals surface area contributed by atoms with Gasteiger partial charge in [-0.25, -0.2) is 0 Å². The highest BCUT2D eigenvalue weighted by molar-refractivity contribution is 5.81. The van der Waals surface area contributed by atoms with Crippen molar-refractivity contribution < 1.29 is 4.79 Å². The van der Waals surface area contributed by atoms with Crippen LogP contribution in [0.2, 0.25) is 0 Å². The van der Waals surface area contributed by atoms with E-state index in [4.69, 9.17) is 0 Å². The van der Waals surface area contributed by atoms with Crippen LogP contribution in [0.5, 0.6) is 0 Å². The predicted molar refractivity (Wildman–Crippen MR) is 55.6 cm³/mol. The SMILES string of the molecule is CCC(C)NCC(C)(C)C(=O)NC. The Bertz CT molecular complexity index is 166. The third kappa shape index (κ3) is 4.27. The van der Waals surface area contributed by atoms with E-state index in [0.29, 0.717) is 6.04 Å². The smallest absolute Gasteiger partial charge is 0.226 e. The number of hydrogen-bond donors (Lipinski definition) is 2. The lowest BCUT2D eigenvalue weighted by Crippen LogP contribution is -2.44. The number of rotatable bonds is 5. The van der Waals surface area contributed by atoms with Crippen molar-refractivity contribution in [1.29, 1.82) is 0 Å². The second-order valence-electron chi connectivity index (χ2n) is 4.15. The van der Waals surface area contributed by atoms with Gasteiger partial charge in [0.05, 0.1) is 5.41 Å². The molecule has 78 valence electrons. The monoisotopic (exact) mass is 186 g/mol. The third-order valence-corrected chi connectivity index (χ3v) is 2.35. The van der Waals surface area contributed by atoms with Gasteiger partial charge in [-0.1, -0.05) is 6.92 Å². The molecule has 0 aromatic heterocycles. The molecule has 1 atom stereocenters. The summed E-state index contributed by atoms with van der Waals surface area (Å²) in [6, 6.07) is 0.476. The van der Waals surface area contributed by atoms with Crippen LogP contribution in [-0.4, -0.2) is 25.5 Å². The summed E-state index contributed by atoms with van der Waals surface area (Å²) in [7, 11) is 1.67. The van der Waals surface area contributed by atoms with Crippen LogP contribution in [0.25, 0.3) is 0 Å². The summed E-state index contributed by atoms with van der Waals surface area (Å²) in [6.07, 6.45) is 1.09. The Kier molecular flexibility index (Phi) is 4.99. The van der Waals surface area contributed by atoms with Crippen molar-refractivity contribution in [2.45, 2.75) is 40.2 Å². The normalized spacial score (nSPS) is 13.9. The lowest BCUT2D eigenvalue weighted by atomic mass is 9.92. The Morgan fingerprint density at radius 1 is 1.46 bits per heavy atom. The Hall–Kier alpha value is -0.570. The van der Waals surface area contributed by atoms with Gasteiger partial charge in [0, 0.05) is 19.6 Å². The van der Waals surface area contributed by atoms with Crippen LogP contribution in [0.3, 0.4) is 0 Å². The number of carbonyl (C=O) groups is 1. The van der Waals surface area contributed by atoms with Crippen LogP contribution in [0, 0.1) is 5.41 Å². The molecule has 3 nitrogen and oxygen atoms in total. The van der Waals surface area contributed by atoms with E-state index < -0.39 is 0 Å². The fourth-order valence-electron chi connectivity index (χ4n) is 0.992. The van der Waals surface area contributed by atoms with E-state index in [-0.39, 0.29) is 11.3 Å². The molecule has 0 bridgehead atoms. The standard InChI is InChI=1S/C10H22N2O/c1-6-8(2)12-7-10(3,4)9(13)11-5/h8,12H,6-7H2,1-5H3,(H,11,13). The highest BCUT2D eigenvalue weighted by Gasteiger charge is 2.26. The molecule has 1 amide bonds. The first-order valence-electron chi connectivity index (χ1n) is 4.89. The summed E-state index contributed by atoms with van der Waals surface area (Å²) in [4.78, 5) is 11.4. The fraction of sp³-hybridized carbons (Fsp3) is 0.900. The van der Waals surface area contributed by atoms with E-state index in [0.717, 1.165) is 13.0 Å². The van der Waals surface area contributed by atoms with Crippen LogP contribution in [-0.2, 0) is 4.79 Å². The molecule has 0 aliphatic heterocycles. The predicted octanol–water partition coefficient (Wildman–Crippen LogP) is 1.15. The maximum absolute atomic E-state index is 11.4. The van der Waals surface area contributed by atoms with Crippen molar-refractivity contribution in [3.63, 3.8) is 0 Å². The average Bonchev–Trinajstić information content (AvgIpc) is 2.12. The fourth-order valence-corrected chi connectivity index (χ4v) is 0.992. The summed E-state index contributed by atoms with van der Waals surface area (Å²) < 4.78 is 0. The molecule has 2 N–H and O–H groups in total. The summed E-state index contributed by atoms with van der Waals surface area (Å²) in [5, 5.41) is 5.99. The molecule has 0 radical (unpaired) electrons. The molecular formula is C10H22N2O. The molecule has 0 aliphatic carbocycles. The van der Waals surface area contributed by atoms with Crippen LogP contribution >= 0.6 is 0 Å². The van der Waals surface area contributed by atoms with E-state index in [1.54, 1.807) is 7.05 Å². The first-order valence-corrected chi connectivity index (χ1v) is 4.89. The molecule has 1 unspecified atom stereocenters. The number of hydrogen-bond acceptors (Lipinski definition) is 2. The lowest BCUT2D eigenvalue weighted by molar-refractivity contribution is -0.128. The third-order valence-electron chi connectivity index (χ3n) is 2.35. The number of amides is 1. The molecule has 0 rings (SSSR count). The van der Waals surface area contributed by atoms with Gasteiger partial charge < -0.3 is 10.6 Å². The van der Waals surface area contributed by atoms with Crippen LogP contribution in [0.4, 0.5) is 0 Å². The topological polar surface area (TPSA) is 41.1 Å². The highest BCUT2D eigenvalue weighted by atomic mass is 16.2. The van der Waals surface area contributed by atoms with E-state index in [1.807, 2.05) is 13.8 Å². The minimum Gasteiger partial charge on any atom is -0.359 e. The first kappa shape index (κ1) is 12.4. The largest absolute Gasteiger partial charge is 0.359 e. The van der Waals surface area contributed by atoms with Gasteiger partial charge in [-0.15, -0.1) is 0 Å². The first-order chi connectivity index (χ1) is 5.94. The van der Waals surface area contributed by atoms with Crippen LogP contribution < -0.4 is 10.6 Å². The Labute approximate surface area is 81.3 Å². The van der Waals surface area contributed by atoms with Crippen molar-refractivity contribution in [2.24, 2.45) is 5.41 Å². The van der Waals surface area contributed by atoms with Gasteiger partial charge in [-0.05, 0) is 27.2 Å². The Balaban J connectivity index is 3.95. The van der Waals surface area contributed by atoms with E-state index >= 15 is 0 Å². The van der Waals surface area contributed by atoms with Gasteiger partial charge in [-0.2, -0.15) is 0 Å². The van der Waals surface area contributed by atoms with Crippen molar-refractivity contribution >= 4 is 5.91 Å². The minimum absolute atomic E-state index is 0.0864. The molecule has 0 spiro atoms. The molecule has 13 heavy (non-hydrogen) atoms. The Morgan fingerprint density at radius 3 is 2.38 bits per heavy atom. The van der Waals surface area contributed by atoms with Gasteiger partial charge in [0.1, 0.15) is 0 Å². The van der Waals surface area contributed by atoms with E-state index in [1.165, 1.54) is 0 Å². The molecule has 0 saturated carbocycles. The molecule has 0 heterocycles. The van der Waals surface area contributed by atoms with Gasteiger partial charge >= 0.3 is 0 Å². The van der Waals surface area contributed by atoms with Gasteiger partial charge in [0.2, 0.25) is 5.91 Å². The summed E-state index contributed by atoms with van der Waals surface area (Å²) in [5.74, 6) is 0.0864. The number of nitrogens with one attached hydrogen (secondary N) is 2. The van der Waals surface area contributed by atoms with Crippen molar-refractivity contribution in [3.8, 4) is 0 Å². The van der Waals surface area contributed by atoms with Crippen molar-refractivity contribution in [1.82, 2.24) is 10.6 Å². The molecular weight excluding hydrogens is 164 g/mol. The maximum Gasteiger partial charge on any atom is 0.226 e. The van der Waals surface area contributed by atoms with Gasteiger partial charge in [0.25, 0.3) is 0 Å². The molecule has 0 aromatic rings. The molecule has 3 heteroatoms. The average molecular weight is 186 g/mol. The zero-order valence-electron chi connectivity index (χ0n) is 9.40. The molecule has 0 aliphatic rings. The van der Waals surface area contributed by atoms with E-state index in [9.17, 15) is 4.79 Å². The molecule has 0 saturated heterocycles. The summed E-state index contributed by atoms with van der Waals surface area (Å²) in [6.45, 7) is 8.87. The molecule has 0 fully saturated rings. The zero-order valence-corrected chi connectivity index (χ0v) is 9.40. The van der Waals surface area contributed by atoms with E-state index in [2.05, 4.69) is 24.5 Å². The summed E-state index contributed by atoms with van der Waals surface area (Å²) in [5.41, 5.74) is -0.321. The lowest BCUT2D eigenvalue weighted by Gasteiger charge is -2.24. The maximum atomic E-state index is 11.4. The minimum atomic E-state index is -0.321. The van der Waals surface area contributed by atoms with Crippen molar-refractivity contribution in [3.05, 3.63) is 0 Å². The zero-order chi connectivity index (χ0) is 10.5. The summed E-state index contributed by atoms with van der Waals surface area (Å²) >= 11 is 0. The second-order valence-corrected chi connectivity index (χ2v) is 4.15. The van der Waals surface area contributed by atoms with Crippen molar-refractivity contribution in [2.75, 3.05) is 13.6 Å².